The van der Waals surface area contributed by atoms with Crippen molar-refractivity contribution in [2.24, 2.45) is 0 Å². The molecule has 0 saturated heterocycles. The number of thiophene rings is 2. The van der Waals surface area contributed by atoms with Crippen molar-refractivity contribution >= 4 is 22.7 Å². The minimum Gasteiger partial charge on any atom is -0.149 e. The summed E-state index contributed by atoms with van der Waals surface area (Å²) in [5, 5.41) is 4.31. The van der Waals surface area contributed by atoms with Crippen LogP contribution < -0.4 is 0 Å². The van der Waals surface area contributed by atoms with Gasteiger partial charge in [-0.15, -0.1) is 22.7 Å². The largest absolute Gasteiger partial charge is 0.149 e. The summed E-state index contributed by atoms with van der Waals surface area (Å²) in [5.74, 6) is 0. The molecule has 0 aromatic carbocycles. The molecule has 0 fully saturated rings. The minimum absolute atomic E-state index is 1.40. The van der Waals surface area contributed by atoms with Crippen molar-refractivity contribution in [1.82, 2.24) is 0 Å². The summed E-state index contributed by atoms with van der Waals surface area (Å²) in [4.78, 5) is 2.83. The molecule has 2 rings (SSSR count). The monoisotopic (exact) mass is 194 g/mol. The second-order valence-electron chi connectivity index (χ2n) is 2.78. The van der Waals surface area contributed by atoms with Crippen molar-refractivity contribution in [3.63, 3.8) is 0 Å². The maximum Gasteiger partial charge on any atom is 0.00929 e. The fraction of sp³-hybridized carbons (Fsp3) is 0.200. The smallest absolute Gasteiger partial charge is 0.00929 e. The van der Waals surface area contributed by atoms with Gasteiger partial charge in [0.1, 0.15) is 0 Å². The lowest BCUT2D eigenvalue weighted by Gasteiger charge is -1.96. The Morgan fingerprint density at radius 3 is 1.50 bits per heavy atom. The molecule has 0 nitrogen and oxygen atoms in total. The molecule has 0 spiro atoms. The first-order valence-electron chi connectivity index (χ1n) is 3.87. The summed E-state index contributed by atoms with van der Waals surface area (Å²) >= 11 is 3.63. The molecule has 0 bridgehead atoms. The Balaban J connectivity index is 2.57. The normalized spacial score (nSPS) is 10.5. The van der Waals surface area contributed by atoms with E-state index in [0.29, 0.717) is 0 Å². The van der Waals surface area contributed by atoms with E-state index in [1.807, 2.05) is 22.7 Å². The zero-order chi connectivity index (χ0) is 8.55. The van der Waals surface area contributed by atoms with Crippen LogP contribution in [0.15, 0.2) is 22.9 Å². The molecule has 0 saturated carbocycles. The molecule has 0 N–H and O–H groups in total. The van der Waals surface area contributed by atoms with Gasteiger partial charge in [0.2, 0.25) is 0 Å². The summed E-state index contributed by atoms with van der Waals surface area (Å²) in [6.07, 6.45) is 0. The second-order valence-corrected chi connectivity index (χ2v) is 5.02. The molecule has 0 unspecified atom stereocenters. The Bertz CT molecular complexity index is 344. The fourth-order valence-corrected chi connectivity index (χ4v) is 2.76. The van der Waals surface area contributed by atoms with Crippen LogP contribution in [0.3, 0.4) is 0 Å². The van der Waals surface area contributed by atoms with Gasteiger partial charge >= 0.3 is 0 Å². The van der Waals surface area contributed by atoms with Crippen molar-refractivity contribution in [3.05, 3.63) is 32.6 Å². The number of aryl methyl sites for hydroxylation is 2. The van der Waals surface area contributed by atoms with Gasteiger partial charge in [-0.25, -0.2) is 0 Å². The first-order chi connectivity index (χ1) is 5.79. The topological polar surface area (TPSA) is 0 Å². The van der Waals surface area contributed by atoms with Crippen molar-refractivity contribution < 1.29 is 0 Å². The molecule has 0 amide bonds. The van der Waals surface area contributed by atoms with Crippen LogP contribution in [0.5, 0.6) is 0 Å². The van der Waals surface area contributed by atoms with Gasteiger partial charge in [0.15, 0.2) is 0 Å². The number of hydrogen-bond acceptors (Lipinski definition) is 2. The van der Waals surface area contributed by atoms with Crippen LogP contribution in [-0.2, 0) is 0 Å². The zero-order valence-electron chi connectivity index (χ0n) is 7.13. The Hall–Kier alpha value is -0.600. The molecule has 2 aromatic rings. The average Bonchev–Trinajstić information content (AvgIpc) is 2.59. The van der Waals surface area contributed by atoms with E-state index in [9.17, 15) is 0 Å². The van der Waals surface area contributed by atoms with Crippen LogP contribution in [0, 0.1) is 13.8 Å². The SMILES string of the molecule is Cc1sccc1-c1ccsc1C. The molecule has 0 atom stereocenters. The average molecular weight is 194 g/mol. The maximum absolute atomic E-state index is 2.20. The Labute approximate surface area is 80.5 Å². The third-order valence-electron chi connectivity index (χ3n) is 2.01. The second kappa shape index (κ2) is 3.04. The summed E-state index contributed by atoms with van der Waals surface area (Å²) in [6, 6.07) is 4.41. The molecule has 2 aromatic heterocycles. The first kappa shape index (κ1) is 8.02. The standard InChI is InChI=1S/C10H10S2/c1-7-9(3-5-11-7)10-4-6-12-8(10)2/h3-6H,1-2H3. The van der Waals surface area contributed by atoms with Crippen molar-refractivity contribution in [3.8, 4) is 11.1 Å². The molecule has 2 heterocycles. The van der Waals surface area contributed by atoms with Crippen LogP contribution in [0.4, 0.5) is 0 Å². The lowest BCUT2D eigenvalue weighted by molar-refractivity contribution is 1.56. The van der Waals surface area contributed by atoms with E-state index in [-0.39, 0.29) is 0 Å². The molecule has 12 heavy (non-hydrogen) atoms. The molecule has 0 aliphatic heterocycles. The number of hydrogen-bond donors (Lipinski definition) is 0. The molecule has 2 heteroatoms. The quantitative estimate of drug-likeness (QED) is 0.641. The molecule has 0 aliphatic rings. The summed E-state index contributed by atoms with van der Waals surface area (Å²) in [6.45, 7) is 4.36. The van der Waals surface area contributed by atoms with Crippen LogP contribution in [0.1, 0.15) is 9.75 Å². The predicted molar refractivity (Wildman–Crippen MR) is 57.1 cm³/mol. The molecule has 0 radical (unpaired) electrons. The van der Waals surface area contributed by atoms with E-state index >= 15 is 0 Å². The number of rotatable bonds is 1. The van der Waals surface area contributed by atoms with E-state index in [4.69, 9.17) is 0 Å². The molecule has 0 aliphatic carbocycles. The van der Waals surface area contributed by atoms with Gasteiger partial charge in [0, 0.05) is 9.75 Å². The van der Waals surface area contributed by atoms with Crippen molar-refractivity contribution in [2.75, 3.05) is 0 Å². The van der Waals surface area contributed by atoms with Gasteiger partial charge in [-0.2, -0.15) is 0 Å². The highest BCUT2D eigenvalue weighted by atomic mass is 32.1. The third kappa shape index (κ3) is 1.21. The van der Waals surface area contributed by atoms with Crippen LogP contribution in [0.25, 0.3) is 11.1 Å². The molecule has 62 valence electrons. The van der Waals surface area contributed by atoms with Crippen molar-refractivity contribution in [1.29, 1.82) is 0 Å². The highest BCUT2D eigenvalue weighted by Crippen LogP contribution is 2.32. The van der Waals surface area contributed by atoms with Gasteiger partial charge in [-0.3, -0.25) is 0 Å². The van der Waals surface area contributed by atoms with E-state index < -0.39 is 0 Å². The zero-order valence-corrected chi connectivity index (χ0v) is 8.76. The molecular weight excluding hydrogens is 184 g/mol. The van der Waals surface area contributed by atoms with Crippen molar-refractivity contribution in [2.45, 2.75) is 13.8 Å². The van der Waals surface area contributed by atoms with E-state index in [1.54, 1.807) is 0 Å². The lowest BCUT2D eigenvalue weighted by Crippen LogP contribution is -1.73. The summed E-state index contributed by atoms with van der Waals surface area (Å²) in [5.41, 5.74) is 2.80. The predicted octanol–water partition coefficient (Wildman–Crippen LogP) is 4.09. The van der Waals surface area contributed by atoms with Crippen LogP contribution in [0.2, 0.25) is 0 Å². The molecular formula is C10H10S2. The van der Waals surface area contributed by atoms with Gasteiger partial charge in [-0.1, -0.05) is 0 Å². The van der Waals surface area contributed by atoms with E-state index in [0.717, 1.165) is 0 Å². The minimum atomic E-state index is 1.40. The fourth-order valence-electron chi connectivity index (χ4n) is 1.33. The maximum atomic E-state index is 2.20. The highest BCUT2D eigenvalue weighted by molar-refractivity contribution is 7.11. The summed E-state index contributed by atoms with van der Waals surface area (Å²) < 4.78 is 0. The van der Waals surface area contributed by atoms with Gasteiger partial charge in [0.05, 0.1) is 0 Å². The Kier molecular flexibility index (Phi) is 2.03. The lowest BCUT2D eigenvalue weighted by atomic mass is 10.1. The van der Waals surface area contributed by atoms with Gasteiger partial charge < -0.3 is 0 Å². The first-order valence-corrected chi connectivity index (χ1v) is 5.63. The van der Waals surface area contributed by atoms with Crippen LogP contribution >= 0.6 is 22.7 Å². The van der Waals surface area contributed by atoms with Gasteiger partial charge in [0.25, 0.3) is 0 Å². The third-order valence-corrected chi connectivity index (χ3v) is 3.70. The van der Waals surface area contributed by atoms with Crippen LogP contribution in [-0.4, -0.2) is 0 Å². The Morgan fingerprint density at radius 2 is 1.25 bits per heavy atom. The van der Waals surface area contributed by atoms with Gasteiger partial charge in [-0.05, 0) is 47.9 Å². The van der Waals surface area contributed by atoms with E-state index in [1.165, 1.54) is 20.9 Å². The van der Waals surface area contributed by atoms with E-state index in [2.05, 4.69) is 36.7 Å². The summed E-state index contributed by atoms with van der Waals surface area (Å²) in [7, 11) is 0. The highest BCUT2D eigenvalue weighted by Gasteiger charge is 2.05. The Morgan fingerprint density at radius 1 is 0.833 bits per heavy atom.